The van der Waals surface area contributed by atoms with Gasteiger partial charge in [0.05, 0.1) is 19.6 Å². The molecule has 0 aliphatic carbocycles. The highest BCUT2D eigenvalue weighted by atomic mass is 16.5. The lowest BCUT2D eigenvalue weighted by molar-refractivity contribution is -0.136. The zero-order valence-electron chi connectivity index (χ0n) is 26.8. The number of anilines is 1. The molecule has 3 aliphatic heterocycles. The number of aromatic nitrogens is 1. The van der Waals surface area contributed by atoms with Gasteiger partial charge in [-0.25, -0.2) is 0 Å². The number of hydrogen-bond acceptors (Lipinski definition) is 9. The number of furan rings is 1. The molecule has 5 heterocycles. The minimum Gasteiger partial charge on any atom is -0.497 e. The molecule has 7 rings (SSSR count). The number of rotatable bonds is 7. The summed E-state index contributed by atoms with van der Waals surface area (Å²) in [6, 6.07) is 11.8. The van der Waals surface area contributed by atoms with Crippen molar-refractivity contribution in [3.05, 3.63) is 75.9 Å². The first kappa shape index (κ1) is 31.0. The van der Waals surface area contributed by atoms with Gasteiger partial charge in [-0.15, -0.1) is 0 Å². The van der Waals surface area contributed by atoms with Crippen LogP contribution in [0.1, 0.15) is 52.2 Å². The first-order valence-electron chi connectivity index (χ1n) is 15.8. The van der Waals surface area contributed by atoms with E-state index in [0.717, 1.165) is 11.3 Å². The van der Waals surface area contributed by atoms with Crippen LogP contribution in [0.25, 0.3) is 22.1 Å². The van der Waals surface area contributed by atoms with E-state index in [1.165, 1.54) is 10.6 Å². The maximum atomic E-state index is 13.4. The summed E-state index contributed by atoms with van der Waals surface area (Å²) < 4.78 is 18.3. The number of aryl methyl sites for hydroxylation is 1. The Kier molecular flexibility index (Phi) is 7.90. The molecule has 2 N–H and O–H groups in total. The highest BCUT2D eigenvalue weighted by Gasteiger charge is 2.39. The second-order valence-electron chi connectivity index (χ2n) is 12.4. The summed E-state index contributed by atoms with van der Waals surface area (Å²) in [6.45, 7) is 1.63. The smallest absolute Gasteiger partial charge is 0.287 e. The topological polar surface area (TPSA) is 152 Å². The predicted molar refractivity (Wildman–Crippen MR) is 175 cm³/mol. The molecular formula is C35H35N5O8. The molecule has 0 radical (unpaired) electrons. The quantitative estimate of drug-likeness (QED) is 0.287. The molecule has 4 aromatic rings. The van der Waals surface area contributed by atoms with Crippen LogP contribution in [0.15, 0.2) is 57.9 Å². The summed E-state index contributed by atoms with van der Waals surface area (Å²) in [4.78, 5) is 67.4. The van der Waals surface area contributed by atoms with Crippen LogP contribution in [0.4, 0.5) is 5.69 Å². The summed E-state index contributed by atoms with van der Waals surface area (Å²) in [5.74, 6) is -0.170. The van der Waals surface area contributed by atoms with Crippen molar-refractivity contribution in [1.82, 2.24) is 20.1 Å². The highest BCUT2D eigenvalue weighted by molar-refractivity contribution is 6.06. The van der Waals surface area contributed by atoms with Gasteiger partial charge in [0.25, 0.3) is 17.4 Å². The summed E-state index contributed by atoms with van der Waals surface area (Å²) in [7, 11) is 4.76. The van der Waals surface area contributed by atoms with Crippen molar-refractivity contribution in [1.29, 1.82) is 0 Å². The average Bonchev–Trinajstić information content (AvgIpc) is 3.68. The SMILES string of the molecule is COc1cc(OC)cc(-c2cn(C)c(=O)c3cc(C(=O)NC4CCN(c5ccc6c(c5)C(=O)N(C5CCC(=O)NC5=O)C6)CC4)oc23)c1. The molecule has 1 unspecified atom stereocenters. The van der Waals surface area contributed by atoms with E-state index in [4.69, 9.17) is 13.9 Å². The second kappa shape index (κ2) is 12.2. The van der Waals surface area contributed by atoms with Crippen LogP contribution in [0.5, 0.6) is 11.5 Å². The zero-order valence-corrected chi connectivity index (χ0v) is 26.8. The maximum Gasteiger partial charge on any atom is 0.287 e. The number of carbonyl (C=O) groups is 4. The first-order valence-corrected chi connectivity index (χ1v) is 15.8. The number of imide groups is 1. The molecule has 2 fully saturated rings. The van der Waals surface area contributed by atoms with Crippen LogP contribution in [0.3, 0.4) is 0 Å². The Morgan fingerprint density at radius 1 is 0.938 bits per heavy atom. The third-order valence-corrected chi connectivity index (χ3v) is 9.44. The Morgan fingerprint density at radius 2 is 1.67 bits per heavy atom. The Hall–Kier alpha value is -5.59. The molecule has 0 bridgehead atoms. The number of hydrogen-bond donors (Lipinski definition) is 2. The maximum absolute atomic E-state index is 13.4. The van der Waals surface area contributed by atoms with Crippen molar-refractivity contribution < 1.29 is 33.1 Å². The van der Waals surface area contributed by atoms with Crippen molar-refractivity contribution in [2.75, 3.05) is 32.2 Å². The van der Waals surface area contributed by atoms with E-state index in [-0.39, 0.29) is 35.6 Å². The number of fused-ring (bicyclic) bond motifs is 2. The van der Waals surface area contributed by atoms with Gasteiger partial charge >= 0.3 is 0 Å². The summed E-state index contributed by atoms with van der Waals surface area (Å²) in [5, 5.41) is 5.69. The van der Waals surface area contributed by atoms with E-state index in [1.54, 1.807) is 38.4 Å². The van der Waals surface area contributed by atoms with Crippen molar-refractivity contribution in [2.24, 2.45) is 7.05 Å². The first-order chi connectivity index (χ1) is 23.1. The van der Waals surface area contributed by atoms with Crippen LogP contribution >= 0.6 is 0 Å². The summed E-state index contributed by atoms with van der Waals surface area (Å²) in [5.41, 5.74) is 3.65. The molecule has 1 atom stereocenters. The lowest BCUT2D eigenvalue weighted by atomic mass is 10.0. The number of piperidine rings is 2. The van der Waals surface area contributed by atoms with Gasteiger partial charge in [0.15, 0.2) is 5.76 Å². The Morgan fingerprint density at radius 3 is 2.35 bits per heavy atom. The fraction of sp³-hybridized carbons (Fsp3) is 0.343. The number of methoxy groups -OCH3 is 2. The third kappa shape index (κ3) is 5.54. The normalized spacial score (nSPS) is 18.2. The van der Waals surface area contributed by atoms with E-state index >= 15 is 0 Å². The molecule has 13 heteroatoms. The van der Waals surface area contributed by atoms with E-state index in [1.807, 2.05) is 30.3 Å². The number of amides is 4. The predicted octanol–water partition coefficient (Wildman–Crippen LogP) is 2.98. The molecule has 3 aliphatic rings. The van der Waals surface area contributed by atoms with Gasteiger partial charge in [0.2, 0.25) is 11.8 Å². The van der Waals surface area contributed by atoms with Crippen LogP contribution in [0, 0.1) is 0 Å². The Labute approximate surface area is 275 Å². The van der Waals surface area contributed by atoms with E-state index < -0.39 is 17.9 Å². The molecular weight excluding hydrogens is 618 g/mol. The average molecular weight is 654 g/mol. The number of carbonyl (C=O) groups excluding carboxylic acids is 4. The van der Waals surface area contributed by atoms with Gasteiger partial charge < -0.3 is 33.6 Å². The van der Waals surface area contributed by atoms with Crippen molar-refractivity contribution in [2.45, 2.75) is 44.3 Å². The third-order valence-electron chi connectivity index (χ3n) is 9.44. The lowest BCUT2D eigenvalue weighted by Crippen LogP contribution is -2.52. The molecule has 4 amide bonds. The fourth-order valence-electron chi connectivity index (χ4n) is 6.81. The minimum atomic E-state index is -0.655. The molecule has 13 nitrogen and oxygen atoms in total. The standard InChI is InChI=1S/C35H35N5O8/c1-38-18-27(20-12-23(46-2)15-24(13-20)47-3)31-26(34(38)44)16-29(48-31)33(43)36-21-8-10-39(11-9-21)22-5-4-19-17-40(35(45)25(19)14-22)28-6-7-30(41)37-32(28)42/h4-5,12-16,18,21,28H,6-11,17H2,1-3H3,(H,36,43)(H,37,41,42). The number of nitrogens with one attached hydrogen (secondary N) is 2. The number of ether oxygens (including phenoxy) is 2. The van der Waals surface area contributed by atoms with Crippen LogP contribution in [0.2, 0.25) is 0 Å². The molecule has 2 saturated heterocycles. The van der Waals surface area contributed by atoms with E-state index in [9.17, 15) is 24.0 Å². The molecule has 48 heavy (non-hydrogen) atoms. The summed E-state index contributed by atoms with van der Waals surface area (Å²) in [6.07, 6.45) is 3.52. The lowest BCUT2D eigenvalue weighted by Gasteiger charge is -2.34. The summed E-state index contributed by atoms with van der Waals surface area (Å²) >= 11 is 0. The monoisotopic (exact) mass is 653 g/mol. The van der Waals surface area contributed by atoms with Gasteiger partial charge in [-0.2, -0.15) is 0 Å². The van der Waals surface area contributed by atoms with Crippen LogP contribution in [-0.2, 0) is 23.2 Å². The Bertz CT molecular complexity index is 2020. The van der Waals surface area contributed by atoms with Crippen molar-refractivity contribution in [3.8, 4) is 22.6 Å². The van der Waals surface area contributed by atoms with Gasteiger partial charge in [0, 0.05) is 74.3 Å². The highest BCUT2D eigenvalue weighted by Crippen LogP contribution is 2.35. The van der Waals surface area contributed by atoms with Crippen LogP contribution in [-0.4, -0.2) is 72.5 Å². The molecule has 0 spiro atoms. The number of pyridine rings is 1. The van der Waals surface area contributed by atoms with Gasteiger partial charge in [0.1, 0.15) is 23.1 Å². The molecule has 2 aromatic carbocycles. The minimum absolute atomic E-state index is 0.0459. The van der Waals surface area contributed by atoms with Crippen LogP contribution < -0.4 is 30.6 Å². The van der Waals surface area contributed by atoms with E-state index in [0.29, 0.717) is 78.1 Å². The van der Waals surface area contributed by atoms with Gasteiger partial charge in [-0.3, -0.25) is 29.3 Å². The molecule has 248 valence electrons. The van der Waals surface area contributed by atoms with Gasteiger partial charge in [-0.1, -0.05) is 6.07 Å². The Balaban J connectivity index is 1.03. The van der Waals surface area contributed by atoms with Crippen molar-refractivity contribution >= 4 is 40.3 Å². The van der Waals surface area contributed by atoms with Gasteiger partial charge in [-0.05, 0) is 54.7 Å². The fourth-order valence-corrected chi connectivity index (χ4v) is 6.81. The molecule has 2 aromatic heterocycles. The largest absolute Gasteiger partial charge is 0.497 e. The second-order valence-corrected chi connectivity index (χ2v) is 12.4. The van der Waals surface area contributed by atoms with Crippen molar-refractivity contribution in [3.63, 3.8) is 0 Å². The van der Waals surface area contributed by atoms with E-state index in [2.05, 4.69) is 15.5 Å². The number of benzene rings is 2. The number of nitrogens with zero attached hydrogens (tertiary/aromatic N) is 3. The molecule has 0 saturated carbocycles. The zero-order chi connectivity index (χ0) is 33.7.